The first-order chi connectivity index (χ1) is 10.8. The van der Waals surface area contributed by atoms with Gasteiger partial charge < -0.3 is 5.32 Å². The van der Waals surface area contributed by atoms with E-state index in [1.807, 2.05) is 24.3 Å². The topological polar surface area (TPSA) is 29.1 Å². The predicted octanol–water partition coefficient (Wildman–Crippen LogP) is 4.45. The van der Waals surface area contributed by atoms with Crippen molar-refractivity contribution in [2.45, 2.75) is 45.1 Å². The number of hydrogen-bond donors (Lipinski definition) is 1. The molecule has 0 fully saturated rings. The summed E-state index contributed by atoms with van der Waals surface area (Å²) in [6.07, 6.45) is 5.65. The molecule has 0 radical (unpaired) electrons. The molecule has 1 N–H and O–H groups in total. The molecule has 1 unspecified atom stereocenters. The van der Waals surface area contributed by atoms with Crippen LogP contribution in [0.2, 0.25) is 0 Å². The third-order valence-electron chi connectivity index (χ3n) is 4.53. The molecule has 2 heteroatoms. The molecule has 2 aromatic carbocycles. The Labute approximate surface area is 132 Å². The fraction of sp³-hybridized carbons (Fsp3) is 0.350. The van der Waals surface area contributed by atoms with E-state index in [1.54, 1.807) is 0 Å². The van der Waals surface area contributed by atoms with Gasteiger partial charge in [0.25, 0.3) is 5.91 Å². The van der Waals surface area contributed by atoms with Crippen molar-refractivity contribution >= 4 is 5.91 Å². The maximum atomic E-state index is 12.6. The zero-order valence-corrected chi connectivity index (χ0v) is 13.1. The second-order valence-corrected chi connectivity index (χ2v) is 6.04. The van der Waals surface area contributed by atoms with Gasteiger partial charge in [-0.25, -0.2) is 0 Å². The molecule has 2 aromatic rings. The van der Waals surface area contributed by atoms with Crippen LogP contribution in [0.3, 0.4) is 0 Å². The summed E-state index contributed by atoms with van der Waals surface area (Å²) in [6, 6.07) is 16.4. The largest absolute Gasteiger partial charge is 0.345 e. The van der Waals surface area contributed by atoms with Crippen molar-refractivity contribution < 1.29 is 4.79 Å². The first-order valence-corrected chi connectivity index (χ1v) is 8.25. The van der Waals surface area contributed by atoms with Crippen LogP contribution >= 0.6 is 0 Å². The Morgan fingerprint density at radius 3 is 2.50 bits per heavy atom. The fourth-order valence-corrected chi connectivity index (χ4v) is 3.22. The number of nitrogens with one attached hydrogen (secondary N) is 1. The van der Waals surface area contributed by atoms with Gasteiger partial charge in [-0.05, 0) is 60.9 Å². The Kier molecular flexibility index (Phi) is 4.57. The van der Waals surface area contributed by atoms with Gasteiger partial charge >= 0.3 is 0 Å². The number of rotatable bonds is 4. The monoisotopic (exact) mass is 293 g/mol. The molecule has 1 atom stereocenters. The zero-order valence-electron chi connectivity index (χ0n) is 13.1. The molecule has 22 heavy (non-hydrogen) atoms. The molecule has 0 spiro atoms. The summed E-state index contributed by atoms with van der Waals surface area (Å²) in [7, 11) is 0. The summed E-state index contributed by atoms with van der Waals surface area (Å²) < 4.78 is 0. The zero-order chi connectivity index (χ0) is 15.4. The predicted molar refractivity (Wildman–Crippen MR) is 90.0 cm³/mol. The summed E-state index contributed by atoms with van der Waals surface area (Å²) in [5.41, 5.74) is 4.72. The molecule has 2 nitrogen and oxygen atoms in total. The minimum absolute atomic E-state index is 0.0316. The minimum atomic E-state index is 0.0316. The van der Waals surface area contributed by atoms with Crippen molar-refractivity contribution in [3.05, 3.63) is 70.8 Å². The summed E-state index contributed by atoms with van der Waals surface area (Å²) in [4.78, 5) is 12.6. The van der Waals surface area contributed by atoms with Crippen LogP contribution in [-0.2, 0) is 12.8 Å². The second kappa shape index (κ2) is 6.78. The van der Waals surface area contributed by atoms with E-state index in [4.69, 9.17) is 0 Å². The van der Waals surface area contributed by atoms with E-state index in [-0.39, 0.29) is 11.9 Å². The molecule has 0 saturated heterocycles. The lowest BCUT2D eigenvalue weighted by atomic mass is 9.90. The fourth-order valence-electron chi connectivity index (χ4n) is 3.22. The number of carbonyl (C=O) groups excluding carboxylic acids is 1. The van der Waals surface area contributed by atoms with Crippen LogP contribution in [0.5, 0.6) is 0 Å². The molecule has 0 heterocycles. The first-order valence-electron chi connectivity index (χ1n) is 8.25. The van der Waals surface area contributed by atoms with Gasteiger partial charge in [0.15, 0.2) is 0 Å². The number of benzene rings is 2. The molecule has 0 aromatic heterocycles. The van der Waals surface area contributed by atoms with Crippen LogP contribution in [0.4, 0.5) is 0 Å². The van der Waals surface area contributed by atoms with E-state index in [2.05, 4.69) is 36.5 Å². The van der Waals surface area contributed by atoms with E-state index in [0.29, 0.717) is 0 Å². The van der Waals surface area contributed by atoms with Crippen molar-refractivity contribution in [3.8, 4) is 0 Å². The molecule has 1 amide bonds. The van der Waals surface area contributed by atoms with Crippen LogP contribution in [0.1, 0.15) is 59.3 Å². The van der Waals surface area contributed by atoms with Crippen LogP contribution < -0.4 is 5.32 Å². The van der Waals surface area contributed by atoms with Gasteiger partial charge in [-0.1, -0.05) is 43.3 Å². The Bertz CT molecular complexity index is 648. The molecule has 0 aliphatic heterocycles. The molecule has 1 aliphatic rings. The highest BCUT2D eigenvalue weighted by atomic mass is 16.1. The number of hydrogen-bond acceptors (Lipinski definition) is 1. The molecule has 0 bridgehead atoms. The number of amides is 1. The van der Waals surface area contributed by atoms with Crippen molar-refractivity contribution in [1.29, 1.82) is 0 Å². The van der Waals surface area contributed by atoms with Crippen LogP contribution in [0, 0.1) is 0 Å². The third kappa shape index (κ3) is 3.22. The van der Waals surface area contributed by atoms with Gasteiger partial charge in [-0.3, -0.25) is 4.79 Å². The average Bonchev–Trinajstić information content (AvgIpc) is 2.59. The highest BCUT2D eigenvalue weighted by Crippen LogP contribution is 2.23. The van der Waals surface area contributed by atoms with Crippen LogP contribution in [0.25, 0.3) is 0 Å². The minimum Gasteiger partial charge on any atom is -0.345 e. The number of carbonyl (C=O) groups is 1. The van der Waals surface area contributed by atoms with E-state index in [9.17, 15) is 4.79 Å². The van der Waals surface area contributed by atoms with E-state index >= 15 is 0 Å². The average molecular weight is 293 g/mol. The van der Waals surface area contributed by atoms with Crippen molar-refractivity contribution in [3.63, 3.8) is 0 Å². The molecular weight excluding hydrogens is 270 g/mol. The summed E-state index contributed by atoms with van der Waals surface area (Å²) in [5, 5.41) is 3.17. The highest BCUT2D eigenvalue weighted by Gasteiger charge is 2.16. The van der Waals surface area contributed by atoms with E-state index in [1.165, 1.54) is 24.0 Å². The van der Waals surface area contributed by atoms with Crippen LogP contribution in [0.15, 0.2) is 48.5 Å². The Balaban J connectivity index is 1.76. The van der Waals surface area contributed by atoms with E-state index in [0.717, 1.165) is 30.4 Å². The van der Waals surface area contributed by atoms with Crippen LogP contribution in [-0.4, -0.2) is 5.91 Å². The van der Waals surface area contributed by atoms with Crippen molar-refractivity contribution in [2.75, 3.05) is 0 Å². The van der Waals surface area contributed by atoms with Gasteiger partial charge in [0, 0.05) is 5.56 Å². The molecule has 3 rings (SSSR count). The maximum Gasteiger partial charge on any atom is 0.251 e. The first kappa shape index (κ1) is 14.8. The molecular formula is C20H23NO. The second-order valence-electron chi connectivity index (χ2n) is 6.04. The SMILES string of the molecule is CCC(NC(=O)c1ccc2c(c1)CCCC2)c1ccccc1. The Morgan fingerprint density at radius 2 is 1.77 bits per heavy atom. The van der Waals surface area contributed by atoms with Gasteiger partial charge in [-0.15, -0.1) is 0 Å². The highest BCUT2D eigenvalue weighted by molar-refractivity contribution is 5.94. The normalized spacial score (nSPS) is 15.0. The smallest absolute Gasteiger partial charge is 0.251 e. The van der Waals surface area contributed by atoms with Gasteiger partial charge in [0.2, 0.25) is 0 Å². The van der Waals surface area contributed by atoms with Gasteiger partial charge in [0.1, 0.15) is 0 Å². The maximum absolute atomic E-state index is 12.6. The lowest BCUT2D eigenvalue weighted by Crippen LogP contribution is -2.28. The Morgan fingerprint density at radius 1 is 1.05 bits per heavy atom. The molecule has 114 valence electrons. The Hall–Kier alpha value is -2.09. The van der Waals surface area contributed by atoms with Crippen molar-refractivity contribution in [2.24, 2.45) is 0 Å². The number of aryl methyl sites for hydroxylation is 2. The summed E-state index contributed by atoms with van der Waals surface area (Å²) in [5.74, 6) is 0.0316. The summed E-state index contributed by atoms with van der Waals surface area (Å²) >= 11 is 0. The quantitative estimate of drug-likeness (QED) is 0.886. The van der Waals surface area contributed by atoms with Gasteiger partial charge in [0.05, 0.1) is 6.04 Å². The van der Waals surface area contributed by atoms with E-state index < -0.39 is 0 Å². The lowest BCUT2D eigenvalue weighted by molar-refractivity contribution is 0.0935. The van der Waals surface area contributed by atoms with Gasteiger partial charge in [-0.2, -0.15) is 0 Å². The standard InChI is InChI=1S/C20H23NO/c1-2-19(16-9-4-3-5-10-16)21-20(22)18-13-12-15-8-6-7-11-17(15)14-18/h3-5,9-10,12-14,19H,2,6-8,11H2,1H3,(H,21,22). The summed E-state index contributed by atoms with van der Waals surface area (Å²) in [6.45, 7) is 2.10. The third-order valence-corrected chi connectivity index (χ3v) is 4.53. The van der Waals surface area contributed by atoms with Crippen molar-refractivity contribution in [1.82, 2.24) is 5.32 Å². The lowest BCUT2D eigenvalue weighted by Gasteiger charge is -2.19. The number of fused-ring (bicyclic) bond motifs is 1. The molecule has 1 aliphatic carbocycles. The molecule has 0 saturated carbocycles.